The Kier molecular flexibility index (Phi) is 6.65. The smallest absolute Gasteiger partial charge is 0.313 e. The second-order valence-corrected chi connectivity index (χ2v) is 6.16. The molecule has 1 atom stereocenters. The van der Waals surface area contributed by atoms with Gasteiger partial charge in [0.1, 0.15) is 5.50 Å². The third-order valence-corrected chi connectivity index (χ3v) is 3.92. The molecule has 2 aromatic rings. The molecule has 9 heteroatoms. The second kappa shape index (κ2) is 8.72. The number of hydrogen-bond acceptors (Lipinski definition) is 4. The Morgan fingerprint density at radius 2 is 1.88 bits per heavy atom. The van der Waals surface area contributed by atoms with Crippen LogP contribution in [0.15, 0.2) is 30.6 Å². The van der Waals surface area contributed by atoms with Gasteiger partial charge >= 0.3 is 6.03 Å². The van der Waals surface area contributed by atoms with E-state index in [4.69, 9.17) is 0 Å². The number of nitrogens with zero attached hydrogens (tertiary/aromatic N) is 1. The predicted octanol–water partition coefficient (Wildman–Crippen LogP) is 3.37. The highest BCUT2D eigenvalue weighted by atomic mass is 32.2. The summed E-state index contributed by atoms with van der Waals surface area (Å²) in [6.07, 6.45) is 4.92. The molecule has 0 radical (unpaired) electrons. The fourth-order valence-corrected chi connectivity index (χ4v) is 2.50. The number of pyridine rings is 1. The Bertz CT molecular complexity index is 737. The van der Waals surface area contributed by atoms with E-state index in [0.29, 0.717) is 5.69 Å². The molecule has 2 rings (SSSR count). The number of carbonyl (C=O) groups excluding carboxylic acids is 1. The fourth-order valence-electron chi connectivity index (χ4n) is 2.02. The second-order valence-electron chi connectivity index (χ2n) is 5.22. The Labute approximate surface area is 147 Å². The lowest BCUT2D eigenvalue weighted by Crippen LogP contribution is -2.44. The Morgan fingerprint density at radius 3 is 2.48 bits per heavy atom. The molecule has 1 unspecified atom stereocenters. The van der Waals surface area contributed by atoms with E-state index in [2.05, 4.69) is 20.9 Å². The number of aryl methyl sites for hydroxylation is 1. The van der Waals surface area contributed by atoms with Crippen LogP contribution in [0.2, 0.25) is 0 Å². The van der Waals surface area contributed by atoms with Crippen LogP contribution in [0.4, 0.5) is 23.7 Å². The zero-order valence-electron chi connectivity index (χ0n) is 13.6. The normalized spacial score (nSPS) is 11.9. The van der Waals surface area contributed by atoms with Gasteiger partial charge in [-0.15, -0.1) is 11.8 Å². The monoisotopic (exact) mass is 370 g/mol. The first-order valence-corrected chi connectivity index (χ1v) is 8.56. The van der Waals surface area contributed by atoms with Crippen molar-refractivity contribution in [1.29, 1.82) is 0 Å². The van der Waals surface area contributed by atoms with Gasteiger partial charge in [-0.25, -0.2) is 18.0 Å². The van der Waals surface area contributed by atoms with Gasteiger partial charge < -0.3 is 10.6 Å². The van der Waals surface area contributed by atoms with Crippen molar-refractivity contribution >= 4 is 23.5 Å². The van der Waals surface area contributed by atoms with Crippen LogP contribution >= 0.6 is 11.8 Å². The lowest BCUT2D eigenvalue weighted by molar-refractivity contribution is 0.250. The molecular weight excluding hydrogens is 353 g/mol. The number of anilines is 1. The zero-order valence-corrected chi connectivity index (χ0v) is 14.4. The number of nitrogens with one attached hydrogen (secondary N) is 3. The van der Waals surface area contributed by atoms with Gasteiger partial charge in [0, 0.05) is 12.7 Å². The maximum absolute atomic E-state index is 13.2. The van der Waals surface area contributed by atoms with Crippen LogP contribution in [0.1, 0.15) is 11.1 Å². The third-order valence-electron chi connectivity index (χ3n) is 3.17. The van der Waals surface area contributed by atoms with E-state index in [1.54, 1.807) is 18.5 Å². The van der Waals surface area contributed by atoms with Gasteiger partial charge in [0.15, 0.2) is 17.5 Å². The molecule has 0 saturated heterocycles. The fraction of sp³-hybridized carbons (Fsp3) is 0.250. The van der Waals surface area contributed by atoms with E-state index in [0.717, 1.165) is 17.7 Å². The summed E-state index contributed by atoms with van der Waals surface area (Å²) in [6.45, 7) is 1.90. The van der Waals surface area contributed by atoms with Gasteiger partial charge in [0.05, 0.1) is 11.9 Å². The van der Waals surface area contributed by atoms with Gasteiger partial charge in [-0.3, -0.25) is 10.3 Å². The van der Waals surface area contributed by atoms with Gasteiger partial charge in [-0.1, -0.05) is 0 Å². The minimum absolute atomic E-state index is 0.0475. The molecule has 0 aliphatic heterocycles. The van der Waals surface area contributed by atoms with Gasteiger partial charge in [-0.05, 0) is 42.5 Å². The number of urea groups is 1. The average molecular weight is 370 g/mol. The molecule has 5 nitrogen and oxygen atoms in total. The quantitative estimate of drug-likeness (QED) is 0.539. The number of rotatable bonds is 6. The van der Waals surface area contributed by atoms with Crippen molar-refractivity contribution in [2.45, 2.75) is 19.0 Å². The molecular formula is C16H17F3N4OS. The Morgan fingerprint density at radius 1 is 1.20 bits per heavy atom. The average Bonchev–Trinajstić information content (AvgIpc) is 2.56. The maximum Gasteiger partial charge on any atom is 0.321 e. The van der Waals surface area contributed by atoms with Crippen LogP contribution in [0.3, 0.4) is 0 Å². The molecule has 0 aliphatic rings. The molecule has 0 fully saturated rings. The molecule has 1 heterocycles. The number of thioether (sulfide) groups is 1. The van der Waals surface area contributed by atoms with E-state index in [9.17, 15) is 18.0 Å². The van der Waals surface area contributed by atoms with Gasteiger partial charge in [0.25, 0.3) is 0 Å². The summed E-state index contributed by atoms with van der Waals surface area (Å²) >= 11 is 1.28. The number of aromatic nitrogens is 1. The maximum atomic E-state index is 13.2. The van der Waals surface area contributed by atoms with Crippen molar-refractivity contribution in [2.75, 3.05) is 11.6 Å². The van der Waals surface area contributed by atoms with Crippen molar-refractivity contribution < 1.29 is 18.0 Å². The summed E-state index contributed by atoms with van der Waals surface area (Å²) in [6, 6.07) is 3.11. The van der Waals surface area contributed by atoms with Crippen LogP contribution in [-0.4, -0.2) is 22.8 Å². The van der Waals surface area contributed by atoms with Crippen molar-refractivity contribution in [3.8, 4) is 0 Å². The summed E-state index contributed by atoms with van der Waals surface area (Å²) in [5, 5.41) is 8.20. The first kappa shape index (κ1) is 19.1. The molecule has 0 spiro atoms. The van der Waals surface area contributed by atoms with Crippen molar-refractivity contribution in [2.24, 2.45) is 0 Å². The lowest BCUT2D eigenvalue weighted by atomic mass is 10.2. The molecule has 0 aliphatic carbocycles. The standard InChI is InChI=1S/C16H17F3N4OS/c1-9-3-11(8-20-6-9)22-15(24)23-16(25-2)21-7-10-4-12(17)14(19)13(18)5-10/h3-6,8,16,21H,7H2,1-2H3,(H2,22,23,24). The topological polar surface area (TPSA) is 66.0 Å². The summed E-state index contributed by atoms with van der Waals surface area (Å²) in [7, 11) is 0. The highest BCUT2D eigenvalue weighted by Crippen LogP contribution is 2.14. The lowest BCUT2D eigenvalue weighted by Gasteiger charge is -2.18. The van der Waals surface area contributed by atoms with Crippen LogP contribution in [0.5, 0.6) is 0 Å². The molecule has 2 amide bonds. The van der Waals surface area contributed by atoms with Crippen LogP contribution < -0.4 is 16.0 Å². The highest BCUT2D eigenvalue weighted by molar-refractivity contribution is 7.99. The van der Waals surface area contributed by atoms with E-state index in [1.807, 2.05) is 6.92 Å². The number of benzene rings is 1. The van der Waals surface area contributed by atoms with E-state index in [1.165, 1.54) is 18.0 Å². The van der Waals surface area contributed by atoms with E-state index < -0.39 is 29.0 Å². The summed E-state index contributed by atoms with van der Waals surface area (Å²) < 4.78 is 39.3. The third kappa shape index (κ3) is 5.64. The predicted molar refractivity (Wildman–Crippen MR) is 91.6 cm³/mol. The zero-order chi connectivity index (χ0) is 18.4. The largest absolute Gasteiger partial charge is 0.321 e. The molecule has 25 heavy (non-hydrogen) atoms. The number of amides is 2. The van der Waals surface area contributed by atoms with Crippen molar-refractivity contribution in [3.63, 3.8) is 0 Å². The number of halogens is 3. The number of carbonyl (C=O) groups is 1. The molecule has 0 saturated carbocycles. The molecule has 0 bridgehead atoms. The first-order valence-electron chi connectivity index (χ1n) is 7.28. The van der Waals surface area contributed by atoms with Gasteiger partial charge in [-0.2, -0.15) is 0 Å². The van der Waals surface area contributed by atoms with Crippen molar-refractivity contribution in [3.05, 3.63) is 59.2 Å². The van der Waals surface area contributed by atoms with Crippen LogP contribution in [-0.2, 0) is 6.54 Å². The van der Waals surface area contributed by atoms with Crippen LogP contribution in [0, 0.1) is 24.4 Å². The minimum atomic E-state index is -1.51. The molecule has 1 aromatic carbocycles. The highest BCUT2D eigenvalue weighted by Gasteiger charge is 2.13. The van der Waals surface area contributed by atoms with Gasteiger partial charge in [0.2, 0.25) is 0 Å². The Hall–Kier alpha value is -2.26. The Balaban J connectivity index is 1.90. The van der Waals surface area contributed by atoms with E-state index in [-0.39, 0.29) is 12.1 Å². The summed E-state index contributed by atoms with van der Waals surface area (Å²) in [4.78, 5) is 16.0. The minimum Gasteiger partial charge on any atom is -0.313 e. The molecule has 134 valence electrons. The van der Waals surface area contributed by atoms with E-state index >= 15 is 0 Å². The molecule has 1 aromatic heterocycles. The van der Waals surface area contributed by atoms with Crippen molar-refractivity contribution in [1.82, 2.24) is 15.6 Å². The summed E-state index contributed by atoms with van der Waals surface area (Å²) in [5.41, 5.74) is 1.15. The number of hydrogen-bond donors (Lipinski definition) is 3. The first-order chi connectivity index (χ1) is 11.9. The summed E-state index contributed by atoms with van der Waals surface area (Å²) in [5.74, 6) is -4.01. The molecule has 3 N–H and O–H groups in total. The SMILES string of the molecule is CSC(NCc1cc(F)c(F)c(F)c1)NC(=O)Nc1cncc(C)c1. The van der Waals surface area contributed by atoms with Crippen LogP contribution in [0.25, 0.3) is 0 Å².